The summed E-state index contributed by atoms with van der Waals surface area (Å²) in [6.07, 6.45) is 2.21. The zero-order chi connectivity index (χ0) is 11.7. The van der Waals surface area contributed by atoms with Gasteiger partial charge in [0.1, 0.15) is 5.76 Å². The van der Waals surface area contributed by atoms with Gasteiger partial charge in [-0.15, -0.1) is 0 Å². The molecule has 0 saturated heterocycles. The van der Waals surface area contributed by atoms with E-state index in [0.29, 0.717) is 17.9 Å². The van der Waals surface area contributed by atoms with E-state index >= 15 is 0 Å². The zero-order valence-electron chi connectivity index (χ0n) is 8.94. The summed E-state index contributed by atoms with van der Waals surface area (Å²) in [6, 6.07) is 0. The fourth-order valence-electron chi connectivity index (χ4n) is 1.32. The third-order valence-electron chi connectivity index (χ3n) is 2.24. The number of hydrogen-bond acceptors (Lipinski definition) is 3. The van der Waals surface area contributed by atoms with Crippen LogP contribution in [0.1, 0.15) is 20.3 Å². The van der Waals surface area contributed by atoms with Crippen molar-refractivity contribution in [2.45, 2.75) is 26.2 Å². The molecule has 86 valence electrons. The summed E-state index contributed by atoms with van der Waals surface area (Å²) in [4.78, 5) is 0. The van der Waals surface area contributed by atoms with Gasteiger partial charge in [0.15, 0.2) is 6.61 Å². The van der Waals surface area contributed by atoms with Crippen LogP contribution in [0.3, 0.4) is 0 Å². The minimum atomic E-state index is -2.81. The third kappa shape index (κ3) is 3.58. The summed E-state index contributed by atoms with van der Waals surface area (Å²) in [6.45, 7) is 2.25. The molecular formula is C10H16F2N2O. The van der Waals surface area contributed by atoms with Crippen molar-refractivity contribution >= 4 is 5.71 Å². The summed E-state index contributed by atoms with van der Waals surface area (Å²) >= 11 is 0. The first-order valence-corrected chi connectivity index (χ1v) is 4.77. The maximum absolute atomic E-state index is 12.5. The lowest BCUT2D eigenvalue weighted by Crippen LogP contribution is -2.21. The number of halogens is 2. The molecule has 1 aliphatic carbocycles. The SMILES string of the molecule is CC(F)(F)COC1=CC1(C)CC(=N)CN. The van der Waals surface area contributed by atoms with Crippen LogP contribution in [0.25, 0.3) is 0 Å². The van der Waals surface area contributed by atoms with Crippen LogP contribution in [0.5, 0.6) is 0 Å². The van der Waals surface area contributed by atoms with Gasteiger partial charge in [0.25, 0.3) is 5.92 Å². The molecule has 0 spiro atoms. The molecule has 0 heterocycles. The predicted molar refractivity (Wildman–Crippen MR) is 54.2 cm³/mol. The normalized spacial score (nSPS) is 24.7. The first-order chi connectivity index (χ1) is 6.77. The first-order valence-electron chi connectivity index (χ1n) is 4.77. The Balaban J connectivity index is 2.32. The van der Waals surface area contributed by atoms with Crippen LogP contribution in [0.4, 0.5) is 8.78 Å². The number of rotatable bonds is 6. The lowest BCUT2D eigenvalue weighted by atomic mass is 9.98. The molecule has 15 heavy (non-hydrogen) atoms. The molecule has 0 aromatic heterocycles. The first kappa shape index (κ1) is 12.1. The fourth-order valence-corrected chi connectivity index (χ4v) is 1.32. The largest absolute Gasteiger partial charge is 0.491 e. The van der Waals surface area contributed by atoms with Crippen LogP contribution in [0.15, 0.2) is 11.8 Å². The van der Waals surface area contributed by atoms with Gasteiger partial charge in [-0.1, -0.05) is 0 Å². The Kier molecular flexibility index (Phi) is 3.13. The van der Waals surface area contributed by atoms with E-state index in [-0.39, 0.29) is 12.0 Å². The Bertz CT molecular complexity index is 296. The highest BCUT2D eigenvalue weighted by molar-refractivity contribution is 5.85. The van der Waals surface area contributed by atoms with Crippen molar-refractivity contribution < 1.29 is 13.5 Å². The van der Waals surface area contributed by atoms with Crippen molar-refractivity contribution in [2.75, 3.05) is 13.2 Å². The molecule has 0 aliphatic heterocycles. The molecule has 0 radical (unpaired) electrons. The van der Waals surface area contributed by atoms with Crippen molar-refractivity contribution in [3.8, 4) is 0 Å². The number of ether oxygens (including phenoxy) is 1. The van der Waals surface area contributed by atoms with Crippen LogP contribution < -0.4 is 5.73 Å². The summed E-state index contributed by atoms with van der Waals surface area (Å²) in [5, 5.41) is 7.42. The Morgan fingerprint density at radius 2 is 2.27 bits per heavy atom. The number of alkyl halides is 2. The van der Waals surface area contributed by atoms with E-state index in [0.717, 1.165) is 6.92 Å². The molecule has 3 N–H and O–H groups in total. The molecule has 0 aromatic carbocycles. The van der Waals surface area contributed by atoms with Gasteiger partial charge in [0.05, 0.1) is 5.41 Å². The van der Waals surface area contributed by atoms with Crippen molar-refractivity contribution in [1.29, 1.82) is 5.41 Å². The summed E-state index contributed by atoms with van der Waals surface area (Å²) < 4.78 is 29.9. The highest BCUT2D eigenvalue weighted by Crippen LogP contribution is 2.47. The molecule has 1 aliphatic rings. The van der Waals surface area contributed by atoms with Crippen LogP contribution in [-0.2, 0) is 4.74 Å². The highest BCUT2D eigenvalue weighted by atomic mass is 19.3. The number of nitrogens with two attached hydrogens (primary N) is 1. The van der Waals surface area contributed by atoms with E-state index in [9.17, 15) is 8.78 Å². The third-order valence-corrected chi connectivity index (χ3v) is 2.24. The maximum Gasteiger partial charge on any atom is 0.278 e. The summed E-state index contributed by atoms with van der Waals surface area (Å²) in [5.74, 6) is -2.27. The van der Waals surface area contributed by atoms with Crippen molar-refractivity contribution in [3.05, 3.63) is 11.8 Å². The molecule has 0 saturated carbocycles. The molecule has 0 amide bonds. The topological polar surface area (TPSA) is 59.1 Å². The van der Waals surface area contributed by atoms with Crippen molar-refractivity contribution in [1.82, 2.24) is 0 Å². The van der Waals surface area contributed by atoms with Crippen molar-refractivity contribution in [2.24, 2.45) is 11.1 Å². The number of allylic oxidation sites excluding steroid dienone is 2. The van der Waals surface area contributed by atoms with Gasteiger partial charge in [-0.05, 0) is 13.0 Å². The Hall–Kier alpha value is -0.970. The lowest BCUT2D eigenvalue weighted by molar-refractivity contribution is -0.0446. The molecule has 1 unspecified atom stereocenters. The standard InChI is InChI=1S/C10H16F2N2O/c1-9(3-7(14)5-13)4-8(9)15-6-10(2,11)12/h4,14H,3,5-6,13H2,1-2H3. The van der Waals surface area contributed by atoms with E-state index in [4.69, 9.17) is 15.9 Å². The second kappa shape index (κ2) is 3.89. The van der Waals surface area contributed by atoms with Crippen LogP contribution in [0, 0.1) is 10.8 Å². The molecule has 3 nitrogen and oxygen atoms in total. The summed E-state index contributed by atoms with van der Waals surface area (Å²) in [5.41, 5.74) is 5.33. The molecule has 0 aromatic rings. The van der Waals surface area contributed by atoms with Gasteiger partial charge in [-0.25, -0.2) is 8.78 Å². The predicted octanol–water partition coefficient (Wildman–Crippen LogP) is 1.93. The van der Waals surface area contributed by atoms with Crippen LogP contribution in [0.2, 0.25) is 0 Å². The minimum absolute atomic E-state index is 0.195. The monoisotopic (exact) mass is 218 g/mol. The zero-order valence-corrected chi connectivity index (χ0v) is 8.94. The highest BCUT2D eigenvalue weighted by Gasteiger charge is 2.43. The van der Waals surface area contributed by atoms with E-state index in [1.807, 2.05) is 6.92 Å². The van der Waals surface area contributed by atoms with E-state index in [2.05, 4.69) is 0 Å². The van der Waals surface area contributed by atoms with E-state index in [1.54, 1.807) is 6.08 Å². The van der Waals surface area contributed by atoms with E-state index in [1.165, 1.54) is 0 Å². The molecule has 1 atom stereocenters. The van der Waals surface area contributed by atoms with Gasteiger partial charge in [-0.2, -0.15) is 0 Å². The van der Waals surface area contributed by atoms with Gasteiger partial charge in [0.2, 0.25) is 0 Å². The minimum Gasteiger partial charge on any atom is -0.491 e. The number of nitrogens with one attached hydrogen (secondary N) is 1. The second-order valence-corrected chi connectivity index (χ2v) is 4.27. The Morgan fingerprint density at radius 3 is 2.73 bits per heavy atom. The molecule has 0 fully saturated rings. The maximum atomic E-state index is 12.5. The smallest absolute Gasteiger partial charge is 0.278 e. The Labute approximate surface area is 87.8 Å². The van der Waals surface area contributed by atoms with Crippen LogP contribution >= 0.6 is 0 Å². The number of hydrogen-bond donors (Lipinski definition) is 2. The quantitative estimate of drug-likeness (QED) is 0.669. The molecular weight excluding hydrogens is 202 g/mol. The van der Waals surface area contributed by atoms with Gasteiger partial charge in [-0.3, -0.25) is 0 Å². The second-order valence-electron chi connectivity index (χ2n) is 4.27. The van der Waals surface area contributed by atoms with Crippen LogP contribution in [-0.4, -0.2) is 24.8 Å². The van der Waals surface area contributed by atoms with Gasteiger partial charge in [0, 0.05) is 25.6 Å². The van der Waals surface area contributed by atoms with Gasteiger partial charge < -0.3 is 15.9 Å². The van der Waals surface area contributed by atoms with Crippen molar-refractivity contribution in [3.63, 3.8) is 0 Å². The van der Waals surface area contributed by atoms with E-state index < -0.39 is 12.5 Å². The lowest BCUT2D eigenvalue weighted by Gasteiger charge is -2.15. The molecule has 0 bridgehead atoms. The fraction of sp³-hybridized carbons (Fsp3) is 0.700. The average molecular weight is 218 g/mol. The molecule has 5 heteroatoms. The molecule has 1 rings (SSSR count). The summed E-state index contributed by atoms with van der Waals surface area (Å²) in [7, 11) is 0. The Morgan fingerprint density at radius 1 is 1.67 bits per heavy atom. The average Bonchev–Trinajstić information content (AvgIpc) is 2.72. The van der Waals surface area contributed by atoms with Gasteiger partial charge >= 0.3 is 0 Å².